The van der Waals surface area contributed by atoms with Crippen molar-refractivity contribution >= 4 is 24.2 Å². The van der Waals surface area contributed by atoms with Gasteiger partial charge in [-0.1, -0.05) is 66.2 Å². The lowest BCUT2D eigenvalue weighted by molar-refractivity contribution is -0.00793. The number of ether oxygens (including phenoxy) is 2. The zero-order valence-corrected chi connectivity index (χ0v) is 35.8. The Balaban J connectivity index is 0.857. The quantitative estimate of drug-likeness (QED) is 0.130. The van der Waals surface area contributed by atoms with Crippen LogP contribution in [0.5, 0.6) is 0 Å². The Kier molecular flexibility index (Phi) is 16.0. The summed E-state index contributed by atoms with van der Waals surface area (Å²) in [5.41, 5.74) is 0.159. The van der Waals surface area contributed by atoms with Crippen LogP contribution in [0.4, 0.5) is 19.2 Å². The first-order valence-corrected chi connectivity index (χ1v) is 23.5. The molecule has 0 saturated heterocycles. The molecule has 0 radical (unpaired) electrons. The van der Waals surface area contributed by atoms with Crippen LogP contribution in [-0.4, -0.2) is 72.7 Å². The molecule has 324 valence electrons. The van der Waals surface area contributed by atoms with Crippen molar-refractivity contribution in [3.63, 3.8) is 0 Å². The molecule has 6 aliphatic rings. The molecule has 57 heavy (non-hydrogen) atoms. The van der Waals surface area contributed by atoms with E-state index < -0.39 is 0 Å². The van der Waals surface area contributed by atoms with E-state index in [-0.39, 0.29) is 78.1 Å². The highest BCUT2D eigenvalue weighted by Gasteiger charge is 2.42. The third-order valence-electron chi connectivity index (χ3n) is 15.5. The van der Waals surface area contributed by atoms with Gasteiger partial charge in [0.25, 0.3) is 0 Å². The third kappa shape index (κ3) is 13.0. The largest absolute Gasteiger partial charge is 0.446 e. The zero-order chi connectivity index (χ0) is 40.4. The van der Waals surface area contributed by atoms with E-state index in [4.69, 9.17) is 9.47 Å². The topological polar surface area (TPSA) is 159 Å². The number of carbonyl (C=O) groups is 4. The molecule has 0 heterocycles. The van der Waals surface area contributed by atoms with Crippen LogP contribution in [0.2, 0.25) is 0 Å². The Labute approximate surface area is 343 Å². The molecule has 6 saturated carbocycles. The highest BCUT2D eigenvalue weighted by molar-refractivity contribution is 5.75. The van der Waals surface area contributed by atoms with E-state index in [0.717, 1.165) is 116 Å². The molecule has 12 nitrogen and oxygen atoms in total. The fourth-order valence-electron chi connectivity index (χ4n) is 11.5. The van der Waals surface area contributed by atoms with E-state index in [1.54, 1.807) is 0 Å². The van der Waals surface area contributed by atoms with Gasteiger partial charge < -0.3 is 41.4 Å². The molecular formula is C45H78N6O6. The molecule has 6 N–H and O–H groups in total. The maximum Gasteiger partial charge on any atom is 0.407 e. The number of rotatable bonds is 10. The van der Waals surface area contributed by atoms with Crippen molar-refractivity contribution in [3.8, 4) is 0 Å². The SMILES string of the molecule is CC1CCC(NC(=O)NC2CCCCC2)CC1NC(=O)OC1CCC(C(C)(C)C2CCC(OC(=O)NC3CC(NC(=O)NC4CCCCC4)CCC3C)CC2)CC1. The van der Waals surface area contributed by atoms with Gasteiger partial charge in [-0.05, 0) is 145 Å². The molecule has 6 unspecified atom stereocenters. The number of alkyl carbamates (subject to hydrolysis) is 2. The Morgan fingerprint density at radius 3 is 1.14 bits per heavy atom. The van der Waals surface area contributed by atoms with Gasteiger partial charge >= 0.3 is 24.2 Å². The minimum atomic E-state index is -0.323. The number of nitrogens with one attached hydrogen (secondary N) is 6. The molecule has 6 atom stereocenters. The van der Waals surface area contributed by atoms with Crippen molar-refractivity contribution in [3.05, 3.63) is 0 Å². The Morgan fingerprint density at radius 1 is 0.421 bits per heavy atom. The zero-order valence-electron chi connectivity index (χ0n) is 35.8. The summed E-state index contributed by atoms with van der Waals surface area (Å²) in [7, 11) is 0. The number of hydrogen-bond acceptors (Lipinski definition) is 6. The van der Waals surface area contributed by atoms with Crippen molar-refractivity contribution in [1.82, 2.24) is 31.9 Å². The minimum Gasteiger partial charge on any atom is -0.446 e. The van der Waals surface area contributed by atoms with E-state index in [1.807, 2.05) is 0 Å². The second-order valence-corrected chi connectivity index (χ2v) is 20.0. The standard InChI is InChI=1S/C45H78N6O6/c1-29-15-21-35(48-41(52)46-33-11-7-5-8-12-33)27-39(29)50-43(54)56-37-23-17-31(18-24-37)45(3,4)32-19-25-38(26-20-32)57-44(55)51-40-28-36(22-16-30(40)2)49-42(53)47-34-13-9-6-10-14-34/h29-40H,5-28H2,1-4H3,(H,50,54)(H,51,55)(H2,46,48,52)(H2,47,49,53). The number of carbonyl (C=O) groups excluding carboxylic acids is 4. The third-order valence-corrected chi connectivity index (χ3v) is 15.5. The Bertz CT molecular complexity index is 1210. The van der Waals surface area contributed by atoms with Crippen LogP contribution in [0.1, 0.15) is 182 Å². The van der Waals surface area contributed by atoms with Crippen LogP contribution in [0.25, 0.3) is 0 Å². The number of urea groups is 2. The second-order valence-electron chi connectivity index (χ2n) is 20.0. The molecule has 0 spiro atoms. The molecule has 0 aromatic heterocycles. The van der Waals surface area contributed by atoms with Crippen molar-refractivity contribution < 1.29 is 28.7 Å². The lowest BCUT2D eigenvalue weighted by Crippen LogP contribution is -2.52. The Hall–Kier alpha value is -2.92. The summed E-state index contributed by atoms with van der Waals surface area (Å²) < 4.78 is 12.0. The van der Waals surface area contributed by atoms with E-state index in [1.165, 1.54) is 38.5 Å². The molecule has 0 aliphatic heterocycles. The van der Waals surface area contributed by atoms with E-state index in [0.29, 0.717) is 23.7 Å². The summed E-state index contributed by atoms with van der Waals surface area (Å²) >= 11 is 0. The van der Waals surface area contributed by atoms with Gasteiger partial charge in [0.2, 0.25) is 0 Å². The molecule has 0 aromatic carbocycles. The van der Waals surface area contributed by atoms with Crippen molar-refractivity contribution in [2.24, 2.45) is 29.1 Å². The van der Waals surface area contributed by atoms with E-state index in [9.17, 15) is 19.2 Å². The first kappa shape index (κ1) is 43.7. The molecule has 0 aromatic rings. The average Bonchev–Trinajstić information content (AvgIpc) is 3.18. The fourth-order valence-corrected chi connectivity index (χ4v) is 11.5. The molecular weight excluding hydrogens is 721 g/mol. The fraction of sp³-hybridized carbons (Fsp3) is 0.911. The van der Waals surface area contributed by atoms with Gasteiger partial charge in [0, 0.05) is 36.3 Å². The predicted octanol–water partition coefficient (Wildman–Crippen LogP) is 8.96. The van der Waals surface area contributed by atoms with Crippen LogP contribution >= 0.6 is 0 Å². The minimum absolute atomic E-state index is 0.0117. The average molecular weight is 799 g/mol. The molecule has 6 rings (SSSR count). The van der Waals surface area contributed by atoms with Crippen LogP contribution in [0.15, 0.2) is 0 Å². The summed E-state index contributed by atoms with van der Waals surface area (Å²) in [4.78, 5) is 51.6. The van der Waals surface area contributed by atoms with Gasteiger partial charge in [0.05, 0.1) is 0 Å². The van der Waals surface area contributed by atoms with Crippen LogP contribution in [0.3, 0.4) is 0 Å². The van der Waals surface area contributed by atoms with E-state index in [2.05, 4.69) is 59.6 Å². The maximum atomic E-state index is 13.1. The van der Waals surface area contributed by atoms with E-state index >= 15 is 0 Å². The smallest absolute Gasteiger partial charge is 0.407 e. The van der Waals surface area contributed by atoms with Crippen molar-refractivity contribution in [1.29, 1.82) is 0 Å². The lowest BCUT2D eigenvalue weighted by atomic mass is 9.60. The number of hydrogen-bond donors (Lipinski definition) is 6. The van der Waals surface area contributed by atoms with Crippen LogP contribution < -0.4 is 31.9 Å². The summed E-state index contributed by atoms with van der Waals surface area (Å²) in [5.74, 6) is 1.81. The summed E-state index contributed by atoms with van der Waals surface area (Å²) in [6.07, 6.45) is 23.7. The first-order chi connectivity index (χ1) is 27.4. The summed E-state index contributed by atoms with van der Waals surface area (Å²) in [6.45, 7) is 9.19. The number of amides is 6. The van der Waals surface area contributed by atoms with Gasteiger partial charge in [-0.3, -0.25) is 0 Å². The molecule has 6 fully saturated rings. The van der Waals surface area contributed by atoms with Gasteiger partial charge in [-0.15, -0.1) is 0 Å². The van der Waals surface area contributed by atoms with Crippen molar-refractivity contribution in [2.75, 3.05) is 0 Å². The predicted molar refractivity (Wildman–Crippen MR) is 223 cm³/mol. The lowest BCUT2D eigenvalue weighted by Gasteiger charge is -2.46. The van der Waals surface area contributed by atoms with Gasteiger partial charge in [0.15, 0.2) is 0 Å². The van der Waals surface area contributed by atoms with Crippen LogP contribution in [0, 0.1) is 29.1 Å². The normalized spacial score (nSPS) is 34.5. The van der Waals surface area contributed by atoms with Crippen molar-refractivity contribution in [2.45, 2.75) is 230 Å². The first-order valence-electron chi connectivity index (χ1n) is 23.5. The molecule has 12 heteroatoms. The highest BCUT2D eigenvalue weighted by Crippen LogP contribution is 2.49. The molecule has 6 aliphatic carbocycles. The maximum absolute atomic E-state index is 13.1. The molecule has 6 amide bonds. The monoisotopic (exact) mass is 799 g/mol. The van der Waals surface area contributed by atoms with Crippen LogP contribution in [-0.2, 0) is 9.47 Å². The second kappa shape index (κ2) is 20.9. The Morgan fingerprint density at radius 2 is 0.772 bits per heavy atom. The van der Waals surface area contributed by atoms with Gasteiger partial charge in [0.1, 0.15) is 12.2 Å². The van der Waals surface area contributed by atoms with Gasteiger partial charge in [-0.2, -0.15) is 0 Å². The summed E-state index contributed by atoms with van der Waals surface area (Å²) in [5, 5.41) is 19.0. The van der Waals surface area contributed by atoms with Gasteiger partial charge in [-0.25, -0.2) is 19.2 Å². The summed E-state index contributed by atoms with van der Waals surface area (Å²) in [6, 6.07) is 0.502. The molecule has 0 bridgehead atoms. The highest BCUT2D eigenvalue weighted by atomic mass is 16.6.